The van der Waals surface area contributed by atoms with Gasteiger partial charge in [0.05, 0.1) is 5.76 Å². The Hall–Kier alpha value is -2.28. The van der Waals surface area contributed by atoms with Gasteiger partial charge in [-0.15, -0.1) is 0 Å². The van der Waals surface area contributed by atoms with Crippen molar-refractivity contribution in [3.8, 4) is 5.75 Å². The van der Waals surface area contributed by atoms with Gasteiger partial charge in [0.15, 0.2) is 0 Å². The van der Waals surface area contributed by atoms with Crippen molar-refractivity contribution in [3.05, 3.63) is 66.9 Å². The molecule has 0 unspecified atom stereocenters. The molecule has 1 heteroatoms. The van der Waals surface area contributed by atoms with E-state index in [0.29, 0.717) is 5.76 Å². The van der Waals surface area contributed by atoms with Crippen LogP contribution in [0.4, 0.5) is 0 Å². The van der Waals surface area contributed by atoms with E-state index in [2.05, 4.69) is 49.0 Å². The predicted molar refractivity (Wildman–Crippen MR) is 76.9 cm³/mol. The lowest BCUT2D eigenvalue weighted by atomic mass is 10.0. The Morgan fingerprint density at radius 3 is 2.28 bits per heavy atom. The minimum atomic E-state index is 0.704. The van der Waals surface area contributed by atoms with Crippen molar-refractivity contribution in [2.24, 2.45) is 0 Å². The molecule has 0 spiro atoms. The third-order valence-electron chi connectivity index (χ3n) is 2.99. The average Bonchev–Trinajstić information content (AvgIpc) is 2.36. The van der Waals surface area contributed by atoms with Gasteiger partial charge in [-0.25, -0.2) is 0 Å². The van der Waals surface area contributed by atoms with E-state index in [1.54, 1.807) is 0 Å². The van der Waals surface area contributed by atoms with Crippen molar-refractivity contribution >= 4 is 21.5 Å². The summed E-state index contributed by atoms with van der Waals surface area (Å²) >= 11 is 0. The van der Waals surface area contributed by atoms with Crippen LogP contribution in [0.3, 0.4) is 0 Å². The van der Waals surface area contributed by atoms with E-state index in [4.69, 9.17) is 4.74 Å². The van der Waals surface area contributed by atoms with Gasteiger partial charge in [-0.2, -0.15) is 0 Å². The third kappa shape index (κ3) is 1.84. The number of hydrogen-bond donors (Lipinski definition) is 0. The molecular formula is C17H14O. The van der Waals surface area contributed by atoms with E-state index in [-0.39, 0.29) is 0 Å². The Labute approximate surface area is 106 Å². The molecule has 0 heterocycles. The van der Waals surface area contributed by atoms with Gasteiger partial charge in [-0.3, -0.25) is 0 Å². The first-order valence-electron chi connectivity index (χ1n) is 5.99. The molecule has 0 aliphatic carbocycles. The van der Waals surface area contributed by atoms with Gasteiger partial charge in [0, 0.05) is 5.39 Å². The van der Waals surface area contributed by atoms with Crippen LogP contribution in [0.2, 0.25) is 0 Å². The molecule has 0 saturated heterocycles. The molecule has 0 aliphatic rings. The van der Waals surface area contributed by atoms with Gasteiger partial charge in [-0.1, -0.05) is 43.0 Å². The van der Waals surface area contributed by atoms with E-state index in [1.165, 1.54) is 16.2 Å². The van der Waals surface area contributed by atoms with Crippen LogP contribution >= 0.6 is 0 Å². The number of ether oxygens (including phenoxy) is 1. The lowest BCUT2D eigenvalue weighted by molar-refractivity contribution is 0.435. The zero-order valence-electron chi connectivity index (χ0n) is 10.3. The van der Waals surface area contributed by atoms with Crippen LogP contribution in [0.15, 0.2) is 66.9 Å². The molecule has 0 fully saturated rings. The largest absolute Gasteiger partial charge is 0.462 e. The van der Waals surface area contributed by atoms with E-state index < -0.39 is 0 Å². The maximum atomic E-state index is 5.68. The minimum Gasteiger partial charge on any atom is -0.462 e. The van der Waals surface area contributed by atoms with Crippen molar-refractivity contribution in [1.29, 1.82) is 0 Å². The summed E-state index contributed by atoms with van der Waals surface area (Å²) in [5, 5.41) is 4.78. The first-order chi connectivity index (χ1) is 8.74. The maximum Gasteiger partial charge on any atom is 0.134 e. The van der Waals surface area contributed by atoms with E-state index in [9.17, 15) is 0 Å². The molecule has 3 rings (SSSR count). The van der Waals surface area contributed by atoms with Gasteiger partial charge in [0.2, 0.25) is 0 Å². The van der Waals surface area contributed by atoms with Crippen LogP contribution in [-0.2, 0) is 0 Å². The van der Waals surface area contributed by atoms with E-state index >= 15 is 0 Å². The smallest absolute Gasteiger partial charge is 0.134 e. The molecule has 0 bridgehead atoms. The normalized spacial score (nSPS) is 10.7. The van der Waals surface area contributed by atoms with Gasteiger partial charge in [-0.05, 0) is 41.3 Å². The molecule has 0 N–H and O–H groups in total. The highest BCUT2D eigenvalue weighted by molar-refractivity contribution is 6.00. The quantitative estimate of drug-likeness (QED) is 0.452. The van der Waals surface area contributed by atoms with E-state index in [0.717, 1.165) is 11.1 Å². The van der Waals surface area contributed by atoms with Crippen molar-refractivity contribution in [1.82, 2.24) is 0 Å². The third-order valence-corrected chi connectivity index (χ3v) is 2.99. The summed E-state index contributed by atoms with van der Waals surface area (Å²) in [6, 6.07) is 18.8. The topological polar surface area (TPSA) is 9.23 Å². The first-order valence-corrected chi connectivity index (χ1v) is 5.99. The average molecular weight is 234 g/mol. The Kier molecular flexibility index (Phi) is 2.52. The van der Waals surface area contributed by atoms with Crippen molar-refractivity contribution < 1.29 is 4.74 Å². The van der Waals surface area contributed by atoms with Crippen LogP contribution in [-0.4, -0.2) is 0 Å². The summed E-state index contributed by atoms with van der Waals surface area (Å²) in [6.45, 7) is 5.66. The van der Waals surface area contributed by atoms with Crippen LogP contribution < -0.4 is 4.74 Å². The summed E-state index contributed by atoms with van der Waals surface area (Å²) in [7, 11) is 0. The maximum absolute atomic E-state index is 5.68. The monoisotopic (exact) mass is 234 g/mol. The van der Waals surface area contributed by atoms with Crippen molar-refractivity contribution in [2.45, 2.75) is 6.92 Å². The summed E-state index contributed by atoms with van der Waals surface area (Å²) in [6.07, 6.45) is 0. The standard InChI is InChI=1S/C17H14O/c1-12(2)18-17-9-5-8-15-10-13-6-3-4-7-14(13)11-16(15)17/h3-11H,1H2,2H3. The summed E-state index contributed by atoms with van der Waals surface area (Å²) in [5.41, 5.74) is 0. The molecule has 3 aromatic rings. The molecule has 0 atom stereocenters. The van der Waals surface area contributed by atoms with E-state index in [1.807, 2.05) is 19.1 Å². The van der Waals surface area contributed by atoms with Gasteiger partial charge in [0.1, 0.15) is 5.75 Å². The van der Waals surface area contributed by atoms with Crippen LogP contribution in [0, 0.1) is 0 Å². The van der Waals surface area contributed by atoms with Crippen LogP contribution in [0.1, 0.15) is 6.92 Å². The SMILES string of the molecule is C=C(C)Oc1cccc2cc3ccccc3cc12. The minimum absolute atomic E-state index is 0.704. The van der Waals surface area contributed by atoms with Crippen molar-refractivity contribution in [3.63, 3.8) is 0 Å². The Bertz CT molecular complexity index is 741. The summed E-state index contributed by atoms with van der Waals surface area (Å²) in [5.74, 6) is 1.57. The second-order valence-electron chi connectivity index (χ2n) is 4.48. The van der Waals surface area contributed by atoms with Crippen molar-refractivity contribution in [2.75, 3.05) is 0 Å². The zero-order valence-corrected chi connectivity index (χ0v) is 10.3. The molecule has 1 nitrogen and oxygen atoms in total. The second-order valence-corrected chi connectivity index (χ2v) is 4.48. The number of benzene rings is 3. The molecule has 0 aromatic heterocycles. The highest BCUT2D eigenvalue weighted by Gasteiger charge is 2.04. The highest BCUT2D eigenvalue weighted by atomic mass is 16.5. The highest BCUT2D eigenvalue weighted by Crippen LogP contribution is 2.30. The molecule has 0 aliphatic heterocycles. The molecule has 3 aromatic carbocycles. The number of allylic oxidation sites excluding steroid dienone is 1. The molecule has 0 radical (unpaired) electrons. The van der Waals surface area contributed by atoms with Gasteiger partial charge < -0.3 is 4.74 Å². The number of hydrogen-bond acceptors (Lipinski definition) is 1. The lowest BCUT2D eigenvalue weighted by Crippen LogP contribution is -1.89. The summed E-state index contributed by atoms with van der Waals surface area (Å²) in [4.78, 5) is 0. The molecular weight excluding hydrogens is 220 g/mol. The Balaban J connectivity index is 2.32. The molecule has 88 valence electrons. The van der Waals surface area contributed by atoms with Gasteiger partial charge >= 0.3 is 0 Å². The summed E-state index contributed by atoms with van der Waals surface area (Å²) < 4.78 is 5.68. The zero-order chi connectivity index (χ0) is 12.5. The van der Waals surface area contributed by atoms with Crippen LogP contribution in [0.5, 0.6) is 5.75 Å². The first kappa shape index (κ1) is 10.8. The fourth-order valence-electron chi connectivity index (χ4n) is 2.21. The lowest BCUT2D eigenvalue weighted by Gasteiger charge is -2.09. The van der Waals surface area contributed by atoms with Gasteiger partial charge in [0.25, 0.3) is 0 Å². The number of rotatable bonds is 2. The Morgan fingerprint density at radius 1 is 0.889 bits per heavy atom. The fraction of sp³-hybridized carbons (Fsp3) is 0.0588. The molecule has 18 heavy (non-hydrogen) atoms. The molecule has 0 amide bonds. The molecule has 0 saturated carbocycles. The van der Waals surface area contributed by atoms with Crippen LogP contribution in [0.25, 0.3) is 21.5 Å². The second kappa shape index (κ2) is 4.19. The number of fused-ring (bicyclic) bond motifs is 2. The predicted octanol–water partition coefficient (Wildman–Crippen LogP) is 4.91. The fourth-order valence-corrected chi connectivity index (χ4v) is 2.21. The Morgan fingerprint density at radius 2 is 1.56 bits per heavy atom.